The first-order chi connectivity index (χ1) is 6.27. The van der Waals surface area contributed by atoms with Crippen molar-refractivity contribution in [2.45, 2.75) is 6.92 Å². The number of rotatable bonds is 1. The first kappa shape index (κ1) is 8.51. The third-order valence-corrected chi connectivity index (χ3v) is 2.71. The lowest BCUT2D eigenvalue weighted by Gasteiger charge is -2.03. The van der Waals surface area contributed by atoms with Gasteiger partial charge in [-0.15, -0.1) is 0 Å². The van der Waals surface area contributed by atoms with Gasteiger partial charge in [0.05, 0.1) is 5.69 Å². The lowest BCUT2D eigenvalue weighted by Crippen LogP contribution is -1.95. The monoisotopic (exact) mass is 236 g/mol. The largest absolute Gasteiger partial charge is 0.309 e. The molecule has 0 aliphatic rings. The quantitative estimate of drug-likeness (QED) is 0.745. The number of aryl methyl sites for hydroxylation is 1. The summed E-state index contributed by atoms with van der Waals surface area (Å²) in [4.78, 5) is 4.43. The molecule has 0 spiro atoms. The van der Waals surface area contributed by atoms with Crippen molar-refractivity contribution in [3.8, 4) is 5.82 Å². The van der Waals surface area contributed by atoms with Crippen LogP contribution in [0.3, 0.4) is 0 Å². The Balaban J connectivity index is 2.49. The summed E-state index contributed by atoms with van der Waals surface area (Å²) in [6, 6.07) is 7.97. The molecule has 2 nitrogen and oxygen atoms in total. The molecule has 0 aliphatic carbocycles. The zero-order valence-electron chi connectivity index (χ0n) is 7.24. The van der Waals surface area contributed by atoms with Gasteiger partial charge in [0.15, 0.2) is 0 Å². The Morgan fingerprint density at radius 2 is 1.92 bits per heavy atom. The second-order valence-corrected chi connectivity index (χ2v) is 3.68. The van der Waals surface area contributed by atoms with Gasteiger partial charge >= 0.3 is 0 Å². The van der Waals surface area contributed by atoms with Gasteiger partial charge in [-0.2, -0.15) is 0 Å². The van der Waals surface area contributed by atoms with E-state index in [1.54, 1.807) is 0 Å². The summed E-state index contributed by atoms with van der Waals surface area (Å²) in [5.74, 6) is 0.950. The summed E-state index contributed by atoms with van der Waals surface area (Å²) in [5, 5.41) is 0. The van der Waals surface area contributed by atoms with Crippen LogP contribution in [0.4, 0.5) is 0 Å². The lowest BCUT2D eigenvalue weighted by molar-refractivity contribution is 0.984. The zero-order chi connectivity index (χ0) is 9.26. The van der Waals surface area contributed by atoms with Gasteiger partial charge in [0.2, 0.25) is 0 Å². The summed E-state index contributed by atoms with van der Waals surface area (Å²) in [6.07, 6.45) is 3.96. The molecule has 0 fully saturated rings. The molecule has 0 bridgehead atoms. The van der Waals surface area contributed by atoms with Crippen LogP contribution < -0.4 is 0 Å². The minimum Gasteiger partial charge on any atom is -0.309 e. The first-order valence-corrected chi connectivity index (χ1v) is 4.83. The number of hydrogen-bond donors (Lipinski definition) is 0. The number of pyridine rings is 1. The van der Waals surface area contributed by atoms with E-state index in [0.717, 1.165) is 16.0 Å². The molecule has 0 saturated carbocycles. The highest BCUT2D eigenvalue weighted by molar-refractivity contribution is 9.10. The molecule has 66 valence electrons. The minimum absolute atomic E-state index is 0.950. The van der Waals surface area contributed by atoms with Crippen LogP contribution in [0.5, 0.6) is 0 Å². The molecule has 0 N–H and O–H groups in total. The van der Waals surface area contributed by atoms with E-state index in [4.69, 9.17) is 0 Å². The van der Waals surface area contributed by atoms with Crippen LogP contribution in [0.2, 0.25) is 0 Å². The van der Waals surface area contributed by atoms with Crippen LogP contribution >= 0.6 is 15.9 Å². The van der Waals surface area contributed by atoms with Crippen molar-refractivity contribution in [2.75, 3.05) is 0 Å². The lowest BCUT2D eigenvalue weighted by atomic mass is 10.4. The maximum atomic E-state index is 4.43. The van der Waals surface area contributed by atoms with E-state index >= 15 is 0 Å². The minimum atomic E-state index is 0.950. The first-order valence-electron chi connectivity index (χ1n) is 4.04. The third-order valence-electron chi connectivity index (χ3n) is 1.88. The number of halogens is 1. The maximum absolute atomic E-state index is 4.43. The van der Waals surface area contributed by atoms with Gasteiger partial charge in [0.25, 0.3) is 0 Å². The van der Waals surface area contributed by atoms with E-state index in [1.807, 2.05) is 48.1 Å². The normalized spacial score (nSPS) is 10.3. The highest BCUT2D eigenvalue weighted by Crippen LogP contribution is 2.15. The van der Waals surface area contributed by atoms with Crippen molar-refractivity contribution in [3.63, 3.8) is 0 Å². The summed E-state index contributed by atoms with van der Waals surface area (Å²) < 4.78 is 3.03. The van der Waals surface area contributed by atoms with Crippen molar-refractivity contribution in [2.24, 2.45) is 0 Å². The average molecular weight is 237 g/mol. The average Bonchev–Trinajstić information content (AvgIpc) is 2.62. The van der Waals surface area contributed by atoms with Crippen LogP contribution in [0, 0.1) is 6.92 Å². The smallest absolute Gasteiger partial charge is 0.136 e. The van der Waals surface area contributed by atoms with Gasteiger partial charge in [-0.25, -0.2) is 4.98 Å². The number of nitrogens with zero attached hydrogens (tertiary/aromatic N) is 2. The molecular weight excluding hydrogens is 228 g/mol. The van der Waals surface area contributed by atoms with Crippen LogP contribution in [-0.2, 0) is 0 Å². The molecule has 2 rings (SSSR count). The van der Waals surface area contributed by atoms with Gasteiger partial charge in [-0.05, 0) is 47.1 Å². The van der Waals surface area contributed by atoms with Crippen LogP contribution in [0.15, 0.2) is 41.1 Å². The second-order valence-electron chi connectivity index (χ2n) is 2.83. The summed E-state index contributed by atoms with van der Waals surface area (Å²) >= 11 is 3.42. The summed E-state index contributed by atoms with van der Waals surface area (Å²) in [5.41, 5.74) is 1.01. The predicted molar refractivity (Wildman–Crippen MR) is 56.0 cm³/mol. The van der Waals surface area contributed by atoms with Crippen molar-refractivity contribution in [1.29, 1.82) is 0 Å². The molecule has 13 heavy (non-hydrogen) atoms. The van der Waals surface area contributed by atoms with E-state index in [1.165, 1.54) is 0 Å². The fourth-order valence-electron chi connectivity index (χ4n) is 1.16. The molecule has 0 saturated heterocycles. The SMILES string of the molecule is Cc1nc(-n2cccc2)ccc1Br. The fourth-order valence-corrected chi connectivity index (χ4v) is 1.38. The topological polar surface area (TPSA) is 17.8 Å². The molecule has 0 amide bonds. The van der Waals surface area contributed by atoms with E-state index in [2.05, 4.69) is 20.9 Å². The van der Waals surface area contributed by atoms with Crippen LogP contribution in [0.1, 0.15) is 5.69 Å². The van der Waals surface area contributed by atoms with Crippen molar-refractivity contribution in [3.05, 3.63) is 46.8 Å². The number of hydrogen-bond acceptors (Lipinski definition) is 1. The molecule has 2 aromatic rings. The van der Waals surface area contributed by atoms with Crippen molar-refractivity contribution >= 4 is 15.9 Å². The molecular formula is C10H9BrN2. The molecule has 0 aromatic carbocycles. The Kier molecular flexibility index (Phi) is 2.19. The second kappa shape index (κ2) is 3.34. The Morgan fingerprint density at radius 3 is 2.54 bits per heavy atom. The zero-order valence-corrected chi connectivity index (χ0v) is 8.82. The van der Waals surface area contributed by atoms with Crippen molar-refractivity contribution < 1.29 is 0 Å². The Morgan fingerprint density at radius 1 is 1.23 bits per heavy atom. The van der Waals surface area contributed by atoms with Gasteiger partial charge < -0.3 is 4.57 Å². The van der Waals surface area contributed by atoms with Crippen LogP contribution in [-0.4, -0.2) is 9.55 Å². The van der Waals surface area contributed by atoms with Crippen molar-refractivity contribution in [1.82, 2.24) is 9.55 Å². The molecule has 0 radical (unpaired) electrons. The van der Waals surface area contributed by atoms with Gasteiger partial charge in [-0.1, -0.05) is 0 Å². The summed E-state index contributed by atoms with van der Waals surface area (Å²) in [7, 11) is 0. The maximum Gasteiger partial charge on any atom is 0.136 e. The molecule has 0 atom stereocenters. The molecule has 0 unspecified atom stereocenters. The highest BCUT2D eigenvalue weighted by atomic mass is 79.9. The molecule has 2 aromatic heterocycles. The Labute approximate surface area is 85.4 Å². The molecule has 2 heterocycles. The predicted octanol–water partition coefficient (Wildman–Crippen LogP) is 2.94. The van der Waals surface area contributed by atoms with Crippen LogP contribution in [0.25, 0.3) is 5.82 Å². The Bertz CT molecular complexity index is 407. The summed E-state index contributed by atoms with van der Waals surface area (Å²) in [6.45, 7) is 1.98. The van der Waals surface area contributed by atoms with E-state index in [9.17, 15) is 0 Å². The Hall–Kier alpha value is -1.09. The molecule has 0 aliphatic heterocycles. The third kappa shape index (κ3) is 1.65. The fraction of sp³-hybridized carbons (Fsp3) is 0.100. The van der Waals surface area contributed by atoms with Gasteiger partial charge in [0.1, 0.15) is 5.82 Å². The van der Waals surface area contributed by atoms with E-state index < -0.39 is 0 Å². The standard InChI is InChI=1S/C10H9BrN2/c1-8-9(11)4-5-10(12-8)13-6-2-3-7-13/h2-7H,1H3. The molecule has 3 heteroatoms. The van der Waals surface area contributed by atoms with Gasteiger partial charge in [-0.3, -0.25) is 0 Å². The van der Waals surface area contributed by atoms with E-state index in [-0.39, 0.29) is 0 Å². The highest BCUT2D eigenvalue weighted by Gasteiger charge is 1.99. The van der Waals surface area contributed by atoms with Gasteiger partial charge in [0, 0.05) is 16.9 Å². The number of aromatic nitrogens is 2. The van der Waals surface area contributed by atoms with E-state index in [0.29, 0.717) is 0 Å².